The first-order valence-electron chi connectivity index (χ1n) is 6.96. The highest BCUT2D eigenvalue weighted by molar-refractivity contribution is 6.65. The molecule has 2 aliphatic rings. The van der Waals surface area contributed by atoms with E-state index < -0.39 is 18.3 Å². The monoisotopic (exact) mass is 295 g/mol. The van der Waals surface area contributed by atoms with Gasteiger partial charge in [-0.05, 0) is 46.6 Å². The first kappa shape index (κ1) is 14.2. The lowest BCUT2D eigenvalue weighted by molar-refractivity contribution is 0.00578. The van der Waals surface area contributed by atoms with Crippen LogP contribution in [-0.2, 0) is 9.31 Å². The molecule has 20 heavy (non-hydrogen) atoms. The fourth-order valence-electron chi connectivity index (χ4n) is 2.02. The van der Waals surface area contributed by atoms with Gasteiger partial charge in [0.2, 0.25) is 0 Å². The third-order valence-corrected chi connectivity index (χ3v) is 4.49. The Kier molecular flexibility index (Phi) is 3.27. The van der Waals surface area contributed by atoms with Crippen molar-refractivity contribution in [3.63, 3.8) is 0 Å². The predicted molar refractivity (Wildman–Crippen MR) is 78.6 cm³/mol. The first-order chi connectivity index (χ1) is 9.28. The van der Waals surface area contributed by atoms with Crippen molar-refractivity contribution in [1.82, 2.24) is 4.98 Å². The summed E-state index contributed by atoms with van der Waals surface area (Å²) in [6, 6.07) is 1.87. The lowest BCUT2D eigenvalue weighted by atomic mass is 9.80. The maximum atomic E-state index is 6.19. The van der Waals surface area contributed by atoms with E-state index in [2.05, 4.69) is 4.98 Å². The van der Waals surface area contributed by atoms with E-state index in [-0.39, 0.29) is 0 Å². The number of halogens is 1. The van der Waals surface area contributed by atoms with Gasteiger partial charge >= 0.3 is 7.12 Å². The molecule has 3 rings (SSSR count). The molecule has 0 spiro atoms. The topological polar surface area (TPSA) is 40.6 Å². The van der Waals surface area contributed by atoms with E-state index in [1.54, 1.807) is 6.20 Å². The third-order valence-electron chi connectivity index (χ3n) is 4.18. The van der Waals surface area contributed by atoms with Gasteiger partial charge in [-0.3, -0.25) is 0 Å². The van der Waals surface area contributed by atoms with Gasteiger partial charge in [-0.25, -0.2) is 4.98 Å². The molecule has 1 aliphatic carbocycles. The molecule has 108 valence electrons. The summed E-state index contributed by atoms with van der Waals surface area (Å²) in [5.74, 6) is 0.724. The molecular formula is C14H19BClNO3. The first-order valence-corrected chi connectivity index (χ1v) is 7.34. The Hall–Kier alpha value is -0.775. The quantitative estimate of drug-likeness (QED) is 0.635. The minimum absolute atomic E-state index is 0.323. The van der Waals surface area contributed by atoms with Crippen LogP contribution in [0.25, 0.3) is 0 Å². The van der Waals surface area contributed by atoms with Crippen LogP contribution in [0.2, 0.25) is 5.15 Å². The molecule has 1 saturated carbocycles. The zero-order valence-electron chi connectivity index (χ0n) is 12.3. The number of rotatable bonds is 3. The Morgan fingerprint density at radius 2 is 1.85 bits per heavy atom. The lowest BCUT2D eigenvalue weighted by Crippen LogP contribution is -2.41. The molecule has 1 aliphatic heterocycles. The minimum atomic E-state index is -0.511. The zero-order valence-corrected chi connectivity index (χ0v) is 13.0. The van der Waals surface area contributed by atoms with E-state index in [1.165, 1.54) is 0 Å². The van der Waals surface area contributed by atoms with E-state index in [0.29, 0.717) is 11.3 Å². The molecule has 0 bridgehead atoms. The second-order valence-corrected chi connectivity index (χ2v) is 6.81. The smallest absolute Gasteiger partial charge is 0.489 e. The predicted octanol–water partition coefficient (Wildman–Crippen LogP) is 2.58. The van der Waals surface area contributed by atoms with Gasteiger partial charge in [0.25, 0.3) is 0 Å². The SMILES string of the molecule is CC1(C)OB(c2cc(OC3CC3)cnc2Cl)OC1(C)C. The van der Waals surface area contributed by atoms with Crippen LogP contribution in [-0.4, -0.2) is 29.4 Å². The summed E-state index contributed by atoms with van der Waals surface area (Å²) >= 11 is 6.19. The van der Waals surface area contributed by atoms with Crippen molar-refractivity contribution in [3.05, 3.63) is 17.4 Å². The molecule has 2 heterocycles. The van der Waals surface area contributed by atoms with Crippen LogP contribution in [0.5, 0.6) is 5.75 Å². The maximum absolute atomic E-state index is 6.19. The van der Waals surface area contributed by atoms with Gasteiger partial charge in [0.05, 0.1) is 23.5 Å². The highest BCUT2D eigenvalue weighted by atomic mass is 35.5. The molecule has 4 nitrogen and oxygen atoms in total. The van der Waals surface area contributed by atoms with Crippen LogP contribution in [0.15, 0.2) is 12.3 Å². The Morgan fingerprint density at radius 1 is 1.25 bits per heavy atom. The summed E-state index contributed by atoms with van der Waals surface area (Å²) < 4.78 is 17.8. The van der Waals surface area contributed by atoms with E-state index in [0.717, 1.165) is 24.1 Å². The van der Waals surface area contributed by atoms with E-state index in [4.69, 9.17) is 25.6 Å². The third kappa shape index (κ3) is 2.54. The van der Waals surface area contributed by atoms with Crippen LogP contribution in [0.3, 0.4) is 0 Å². The second-order valence-electron chi connectivity index (χ2n) is 6.46. The number of hydrogen-bond acceptors (Lipinski definition) is 4. The Balaban J connectivity index is 1.86. The van der Waals surface area contributed by atoms with E-state index >= 15 is 0 Å². The van der Waals surface area contributed by atoms with Crippen LogP contribution in [0.1, 0.15) is 40.5 Å². The Labute approximate surface area is 124 Å². The number of pyridine rings is 1. The summed E-state index contributed by atoms with van der Waals surface area (Å²) in [6.45, 7) is 8.05. The summed E-state index contributed by atoms with van der Waals surface area (Å²) in [5.41, 5.74) is -0.0636. The van der Waals surface area contributed by atoms with Gasteiger partial charge in [0.15, 0.2) is 0 Å². The summed E-state index contributed by atoms with van der Waals surface area (Å²) in [5, 5.41) is 0.395. The number of aromatic nitrogens is 1. The van der Waals surface area contributed by atoms with Crippen LogP contribution < -0.4 is 10.2 Å². The van der Waals surface area contributed by atoms with Crippen LogP contribution >= 0.6 is 11.6 Å². The largest absolute Gasteiger partial charge is 0.498 e. The van der Waals surface area contributed by atoms with Crippen molar-refractivity contribution in [2.45, 2.75) is 57.8 Å². The Morgan fingerprint density at radius 3 is 2.40 bits per heavy atom. The zero-order chi connectivity index (χ0) is 14.5. The van der Waals surface area contributed by atoms with Crippen LogP contribution in [0, 0.1) is 0 Å². The van der Waals surface area contributed by atoms with Crippen molar-refractivity contribution < 1.29 is 14.0 Å². The fourth-order valence-corrected chi connectivity index (χ4v) is 2.22. The number of hydrogen-bond donors (Lipinski definition) is 0. The van der Waals surface area contributed by atoms with Crippen molar-refractivity contribution in [2.75, 3.05) is 0 Å². The number of nitrogens with zero attached hydrogens (tertiary/aromatic N) is 1. The number of ether oxygens (including phenoxy) is 1. The van der Waals surface area contributed by atoms with Crippen molar-refractivity contribution >= 4 is 24.2 Å². The molecule has 1 saturated heterocycles. The highest BCUT2D eigenvalue weighted by Crippen LogP contribution is 2.37. The van der Waals surface area contributed by atoms with E-state index in [9.17, 15) is 0 Å². The molecule has 0 atom stereocenters. The van der Waals surface area contributed by atoms with Gasteiger partial charge in [0.1, 0.15) is 10.9 Å². The standard InChI is InChI=1S/C14H19BClNO3/c1-13(2)14(3,4)20-15(19-13)11-7-10(8-17-12(11)16)18-9-5-6-9/h7-9H,5-6H2,1-4H3. The molecule has 0 unspecified atom stereocenters. The molecule has 0 radical (unpaired) electrons. The minimum Gasteiger partial charge on any atom is -0.489 e. The van der Waals surface area contributed by atoms with Gasteiger partial charge in [-0.15, -0.1) is 0 Å². The maximum Gasteiger partial charge on any atom is 0.498 e. The molecular weight excluding hydrogens is 276 g/mol. The Bertz CT molecular complexity index is 515. The normalized spacial score (nSPS) is 23.9. The summed E-state index contributed by atoms with van der Waals surface area (Å²) in [7, 11) is -0.511. The second kappa shape index (κ2) is 4.62. The van der Waals surface area contributed by atoms with E-state index in [1.807, 2.05) is 33.8 Å². The average molecular weight is 296 g/mol. The van der Waals surface area contributed by atoms with Gasteiger partial charge in [0, 0.05) is 5.46 Å². The molecule has 0 amide bonds. The van der Waals surface area contributed by atoms with Gasteiger partial charge in [-0.2, -0.15) is 0 Å². The van der Waals surface area contributed by atoms with Crippen molar-refractivity contribution in [3.8, 4) is 5.75 Å². The van der Waals surface area contributed by atoms with Gasteiger partial charge in [-0.1, -0.05) is 11.6 Å². The molecule has 2 fully saturated rings. The molecule has 6 heteroatoms. The molecule has 0 N–H and O–H groups in total. The average Bonchev–Trinajstić information content (AvgIpc) is 3.10. The summed E-state index contributed by atoms with van der Waals surface area (Å²) in [4.78, 5) is 4.18. The summed E-state index contributed by atoms with van der Waals surface area (Å²) in [6.07, 6.45) is 4.18. The molecule has 1 aromatic heterocycles. The molecule has 1 aromatic rings. The highest BCUT2D eigenvalue weighted by Gasteiger charge is 2.52. The van der Waals surface area contributed by atoms with Crippen LogP contribution in [0.4, 0.5) is 0 Å². The fraction of sp³-hybridized carbons (Fsp3) is 0.643. The van der Waals surface area contributed by atoms with Crippen molar-refractivity contribution in [1.29, 1.82) is 0 Å². The lowest BCUT2D eigenvalue weighted by Gasteiger charge is -2.32. The molecule has 0 aromatic carbocycles. The van der Waals surface area contributed by atoms with Gasteiger partial charge < -0.3 is 14.0 Å². The van der Waals surface area contributed by atoms with Crippen molar-refractivity contribution in [2.24, 2.45) is 0 Å².